The minimum Gasteiger partial charge on any atom is -0.299 e. The number of carbonyl (C=O) groups excluding carboxylic acids is 1. The highest BCUT2D eigenvalue weighted by Gasteiger charge is 2.37. The maximum atomic E-state index is 13.8. The van der Waals surface area contributed by atoms with Gasteiger partial charge in [-0.3, -0.25) is 4.79 Å². The van der Waals surface area contributed by atoms with E-state index >= 15 is 0 Å². The fraction of sp³-hybridized carbons (Fsp3) is 0.636. The summed E-state index contributed by atoms with van der Waals surface area (Å²) < 4.78 is 14.3. The number of nitrogens with zero attached hydrogens (tertiary/aromatic N) is 1. The lowest BCUT2D eigenvalue weighted by atomic mass is 9.78. The lowest BCUT2D eigenvalue weighted by molar-refractivity contribution is -0.116. The van der Waals surface area contributed by atoms with Crippen LogP contribution in [0, 0.1) is 5.92 Å². The van der Waals surface area contributed by atoms with Crippen LogP contribution in [-0.4, -0.2) is 22.2 Å². The molecule has 18 heavy (non-hydrogen) atoms. The molecule has 1 heterocycles. The number of rotatable bonds is 6. The summed E-state index contributed by atoms with van der Waals surface area (Å²) >= 11 is 1.24. The molecule has 1 saturated carbocycles. The molecule has 1 unspecified atom stereocenters. The van der Waals surface area contributed by atoms with Gasteiger partial charge in [-0.15, -0.1) is 3.89 Å². The van der Waals surface area contributed by atoms with Gasteiger partial charge in [0.2, 0.25) is 0 Å². The van der Waals surface area contributed by atoms with Crippen LogP contribution in [-0.2, 0) is 4.79 Å². The zero-order valence-corrected chi connectivity index (χ0v) is 12.7. The third kappa shape index (κ3) is 3.24. The van der Waals surface area contributed by atoms with Gasteiger partial charge in [-0.05, 0) is 31.4 Å². The predicted octanol–water partition coefficient (Wildman–Crippen LogP) is 3.79. The molecule has 0 aromatic rings. The molecule has 1 fully saturated rings. The third-order valence-corrected chi connectivity index (χ3v) is 8.62. The number of carbonyl (C=O) groups is 1. The molecule has 0 aromatic heterocycles. The van der Waals surface area contributed by atoms with Crippen molar-refractivity contribution < 1.29 is 8.68 Å². The Balaban J connectivity index is 1.62. The monoisotopic (exact) mass is 308 g/mol. The van der Waals surface area contributed by atoms with Gasteiger partial charge in [0.1, 0.15) is 15.4 Å². The number of allylic oxidation sites excluding steroid dienone is 1. The SMILES string of the molecule is C=C1CC(CCC(=O)CSC2=NNS2(F)SC)C1. The van der Waals surface area contributed by atoms with E-state index < -0.39 is 9.63 Å². The van der Waals surface area contributed by atoms with Crippen molar-refractivity contribution in [2.45, 2.75) is 25.7 Å². The topological polar surface area (TPSA) is 41.5 Å². The molecule has 1 aliphatic carbocycles. The van der Waals surface area contributed by atoms with Crippen molar-refractivity contribution in [1.29, 1.82) is 0 Å². The second kappa shape index (κ2) is 5.88. The summed E-state index contributed by atoms with van der Waals surface area (Å²) in [6.07, 6.45) is 5.39. The number of hydrazone groups is 1. The van der Waals surface area contributed by atoms with Gasteiger partial charge in [-0.2, -0.15) is 5.10 Å². The van der Waals surface area contributed by atoms with Crippen LogP contribution in [0.1, 0.15) is 25.7 Å². The van der Waals surface area contributed by atoms with E-state index in [0.717, 1.165) is 30.1 Å². The standard InChI is InChI=1S/C11H17FN2OS3/c1-8-5-9(6-8)3-4-10(15)7-17-11-13-14-18(11,12)16-2/h9,14H,1,3-7H2,2H3. The van der Waals surface area contributed by atoms with Gasteiger partial charge in [-0.1, -0.05) is 34.7 Å². The first-order valence-corrected chi connectivity index (χ1v) is 10.0. The number of Topliss-reactive ketones (excluding diaryl/α,β-unsaturated/α-hetero) is 1. The number of nitrogens with one attached hydrogen (secondary N) is 1. The molecule has 0 aromatic carbocycles. The molecule has 1 atom stereocenters. The molecule has 0 amide bonds. The van der Waals surface area contributed by atoms with Crippen LogP contribution >= 0.6 is 32.2 Å². The highest BCUT2D eigenvalue weighted by molar-refractivity contribution is 9.00. The Hall–Kier alpha value is -0.140. The van der Waals surface area contributed by atoms with Crippen molar-refractivity contribution >= 4 is 42.3 Å². The zero-order chi connectivity index (χ0) is 13.2. The predicted molar refractivity (Wildman–Crippen MR) is 81.3 cm³/mol. The van der Waals surface area contributed by atoms with Crippen molar-refractivity contribution in [2.24, 2.45) is 11.0 Å². The van der Waals surface area contributed by atoms with Crippen LogP contribution in [0.5, 0.6) is 0 Å². The normalized spacial score (nSPS) is 30.6. The van der Waals surface area contributed by atoms with Gasteiger partial charge in [0.25, 0.3) is 0 Å². The molecule has 102 valence electrons. The fourth-order valence-electron chi connectivity index (χ4n) is 1.91. The van der Waals surface area contributed by atoms with Gasteiger partial charge >= 0.3 is 0 Å². The summed E-state index contributed by atoms with van der Waals surface area (Å²) in [4.78, 5) is 14.1. The molecule has 2 aliphatic rings. The lowest BCUT2D eigenvalue weighted by Gasteiger charge is -2.35. The van der Waals surface area contributed by atoms with Gasteiger partial charge in [0, 0.05) is 6.42 Å². The summed E-state index contributed by atoms with van der Waals surface area (Å²) in [6.45, 7) is 3.89. The number of hydrogen-bond acceptors (Lipinski definition) is 5. The van der Waals surface area contributed by atoms with Crippen LogP contribution in [0.15, 0.2) is 17.3 Å². The number of hydrogen-bond donors (Lipinski definition) is 1. The smallest absolute Gasteiger partial charge is 0.190 e. The van der Waals surface area contributed by atoms with Crippen molar-refractivity contribution in [3.63, 3.8) is 0 Å². The first-order valence-electron chi connectivity index (χ1n) is 5.77. The average Bonchev–Trinajstić information content (AvgIpc) is 2.31. The van der Waals surface area contributed by atoms with Gasteiger partial charge in [0.15, 0.2) is 4.38 Å². The molecule has 1 N–H and O–H groups in total. The molecule has 7 heteroatoms. The van der Waals surface area contributed by atoms with E-state index in [9.17, 15) is 8.68 Å². The van der Waals surface area contributed by atoms with Gasteiger partial charge in [-0.25, -0.2) is 4.83 Å². The van der Waals surface area contributed by atoms with E-state index in [4.69, 9.17) is 0 Å². The second-order valence-electron chi connectivity index (χ2n) is 4.51. The molecular weight excluding hydrogens is 291 g/mol. The Morgan fingerprint density at radius 2 is 2.39 bits per heavy atom. The molecule has 2 rings (SSSR count). The van der Waals surface area contributed by atoms with Gasteiger partial charge < -0.3 is 0 Å². The average molecular weight is 308 g/mol. The number of thioether (sulfide) groups is 1. The Morgan fingerprint density at radius 1 is 1.67 bits per heavy atom. The van der Waals surface area contributed by atoms with Crippen LogP contribution in [0.3, 0.4) is 0 Å². The third-order valence-electron chi connectivity index (χ3n) is 3.05. The van der Waals surface area contributed by atoms with E-state index in [1.807, 2.05) is 0 Å². The summed E-state index contributed by atoms with van der Waals surface area (Å²) in [6, 6.07) is 0. The molecule has 0 radical (unpaired) electrons. The van der Waals surface area contributed by atoms with Gasteiger partial charge in [0.05, 0.1) is 5.75 Å². The van der Waals surface area contributed by atoms with Crippen LogP contribution in [0.4, 0.5) is 3.89 Å². The van der Waals surface area contributed by atoms with Crippen molar-refractivity contribution in [1.82, 2.24) is 4.83 Å². The first kappa shape index (κ1) is 14.3. The zero-order valence-electron chi connectivity index (χ0n) is 10.3. The molecule has 3 nitrogen and oxygen atoms in total. The molecule has 0 saturated heterocycles. The van der Waals surface area contributed by atoms with E-state index in [-0.39, 0.29) is 5.78 Å². The lowest BCUT2D eigenvalue weighted by Crippen LogP contribution is -2.27. The van der Waals surface area contributed by atoms with Crippen molar-refractivity contribution in [2.75, 3.05) is 12.0 Å². The minimum atomic E-state index is -2.43. The molecular formula is C11H17FN2OS3. The summed E-state index contributed by atoms with van der Waals surface area (Å²) in [5.74, 6) is 1.18. The molecule has 0 bridgehead atoms. The Bertz CT molecular complexity index is 394. The van der Waals surface area contributed by atoms with E-state index in [1.54, 1.807) is 6.26 Å². The summed E-state index contributed by atoms with van der Waals surface area (Å²) in [7, 11) is -1.29. The number of halogens is 1. The highest BCUT2D eigenvalue weighted by atomic mass is 33.2. The first-order chi connectivity index (χ1) is 8.53. The second-order valence-corrected chi connectivity index (χ2v) is 9.99. The van der Waals surface area contributed by atoms with Crippen LogP contribution < -0.4 is 4.83 Å². The van der Waals surface area contributed by atoms with Crippen LogP contribution in [0.2, 0.25) is 0 Å². The Morgan fingerprint density at radius 3 is 2.89 bits per heavy atom. The Kier molecular flexibility index (Phi) is 4.66. The fourth-order valence-corrected chi connectivity index (χ4v) is 5.86. The van der Waals surface area contributed by atoms with Crippen molar-refractivity contribution in [3.8, 4) is 0 Å². The highest BCUT2D eigenvalue weighted by Crippen LogP contribution is 2.64. The molecule has 1 aliphatic heterocycles. The van der Waals surface area contributed by atoms with Crippen LogP contribution in [0.25, 0.3) is 0 Å². The quantitative estimate of drug-likeness (QED) is 0.599. The van der Waals surface area contributed by atoms with E-state index in [1.165, 1.54) is 17.3 Å². The number of ketones is 1. The largest absolute Gasteiger partial charge is 0.299 e. The maximum absolute atomic E-state index is 13.8. The maximum Gasteiger partial charge on any atom is 0.190 e. The summed E-state index contributed by atoms with van der Waals surface area (Å²) in [5, 5.41) is 3.80. The van der Waals surface area contributed by atoms with Crippen molar-refractivity contribution in [3.05, 3.63) is 12.2 Å². The van der Waals surface area contributed by atoms with E-state index in [0.29, 0.717) is 22.5 Å². The minimum absolute atomic E-state index is 0.190. The summed E-state index contributed by atoms with van der Waals surface area (Å²) in [5.41, 5.74) is 1.29. The Labute approximate surface area is 117 Å². The molecule has 0 spiro atoms. The van der Waals surface area contributed by atoms with E-state index in [2.05, 4.69) is 16.5 Å².